The molecule has 15 heavy (non-hydrogen) atoms. The molecule has 0 N–H and O–H groups in total. The zero-order valence-corrected chi connectivity index (χ0v) is 8.28. The highest BCUT2D eigenvalue weighted by Crippen LogP contribution is 2.09. The van der Waals surface area contributed by atoms with Crippen LogP contribution in [0.4, 0.5) is 4.39 Å². The predicted octanol–water partition coefficient (Wildman–Crippen LogP) is 2.02. The minimum absolute atomic E-state index is 0.110. The number of rotatable bonds is 1. The normalized spacial score (nSPS) is 10.3. The Morgan fingerprint density at radius 3 is 2.73 bits per heavy atom. The van der Waals surface area contributed by atoms with E-state index in [1.807, 2.05) is 0 Å². The molecule has 1 heterocycles. The number of para-hydroxylation sites is 1. The number of hydrogen-bond donors (Lipinski definition) is 0. The molecule has 0 radical (unpaired) electrons. The first-order chi connectivity index (χ1) is 7.18. The van der Waals surface area contributed by atoms with Crippen molar-refractivity contribution in [2.45, 2.75) is 0 Å². The molecule has 0 saturated heterocycles. The molecular formula is C10H6ClFN2O. The Labute approximate surface area is 89.7 Å². The maximum Gasteiger partial charge on any atom is 0.273 e. The molecule has 0 fully saturated rings. The van der Waals surface area contributed by atoms with E-state index in [1.165, 1.54) is 24.4 Å². The van der Waals surface area contributed by atoms with Crippen molar-refractivity contribution in [3.63, 3.8) is 0 Å². The molecule has 1 aromatic heterocycles. The quantitative estimate of drug-likeness (QED) is 0.743. The minimum atomic E-state index is -0.505. The summed E-state index contributed by atoms with van der Waals surface area (Å²) in [6.45, 7) is 0. The molecule has 3 nitrogen and oxygen atoms in total. The fourth-order valence-electron chi connectivity index (χ4n) is 1.19. The molecule has 0 aliphatic carbocycles. The second-order valence-electron chi connectivity index (χ2n) is 2.88. The van der Waals surface area contributed by atoms with Crippen LogP contribution in [0.2, 0.25) is 5.02 Å². The monoisotopic (exact) mass is 224 g/mol. The van der Waals surface area contributed by atoms with Crippen LogP contribution in [0.3, 0.4) is 0 Å². The van der Waals surface area contributed by atoms with Crippen molar-refractivity contribution < 1.29 is 4.39 Å². The van der Waals surface area contributed by atoms with E-state index >= 15 is 0 Å². The van der Waals surface area contributed by atoms with Gasteiger partial charge in [-0.1, -0.05) is 23.7 Å². The Hall–Kier alpha value is -1.68. The lowest BCUT2D eigenvalue weighted by Gasteiger charge is -2.04. The van der Waals surface area contributed by atoms with Gasteiger partial charge in [-0.2, -0.15) is 9.78 Å². The van der Waals surface area contributed by atoms with Crippen LogP contribution in [-0.4, -0.2) is 9.78 Å². The van der Waals surface area contributed by atoms with Crippen molar-refractivity contribution >= 4 is 11.6 Å². The summed E-state index contributed by atoms with van der Waals surface area (Å²) in [6, 6.07) is 7.08. The highest BCUT2D eigenvalue weighted by atomic mass is 35.5. The van der Waals surface area contributed by atoms with Crippen LogP contribution in [0.25, 0.3) is 5.69 Å². The van der Waals surface area contributed by atoms with Gasteiger partial charge in [0.15, 0.2) is 0 Å². The van der Waals surface area contributed by atoms with Gasteiger partial charge in [-0.3, -0.25) is 4.79 Å². The molecule has 0 saturated carbocycles. The summed E-state index contributed by atoms with van der Waals surface area (Å²) in [6.07, 6.45) is 1.29. The predicted molar refractivity (Wildman–Crippen MR) is 54.8 cm³/mol. The molecule has 0 atom stereocenters. The van der Waals surface area contributed by atoms with E-state index in [1.54, 1.807) is 12.1 Å². The lowest BCUT2D eigenvalue weighted by atomic mass is 10.3. The SMILES string of the molecule is O=c1cc(Cl)cnn1-c1ccccc1F. The van der Waals surface area contributed by atoms with Gasteiger partial charge in [0.05, 0.1) is 11.2 Å². The van der Waals surface area contributed by atoms with E-state index in [9.17, 15) is 9.18 Å². The average molecular weight is 225 g/mol. The molecule has 2 rings (SSSR count). The number of nitrogens with zero attached hydrogens (tertiary/aromatic N) is 2. The summed E-state index contributed by atoms with van der Waals surface area (Å²) < 4.78 is 14.3. The lowest BCUT2D eigenvalue weighted by molar-refractivity contribution is 0.605. The third-order valence-corrected chi connectivity index (χ3v) is 2.05. The highest BCUT2D eigenvalue weighted by Gasteiger charge is 2.06. The number of benzene rings is 1. The van der Waals surface area contributed by atoms with Gasteiger partial charge in [0.25, 0.3) is 5.56 Å². The molecule has 76 valence electrons. The van der Waals surface area contributed by atoms with Gasteiger partial charge in [0.2, 0.25) is 0 Å². The minimum Gasteiger partial charge on any atom is -0.267 e. The van der Waals surface area contributed by atoms with Crippen LogP contribution >= 0.6 is 11.6 Å². The van der Waals surface area contributed by atoms with Gasteiger partial charge in [0, 0.05) is 6.07 Å². The molecule has 0 aliphatic rings. The average Bonchev–Trinajstić information content (AvgIpc) is 2.20. The molecule has 0 unspecified atom stereocenters. The number of aromatic nitrogens is 2. The maximum absolute atomic E-state index is 13.3. The number of halogens is 2. The molecule has 0 bridgehead atoms. The fraction of sp³-hybridized carbons (Fsp3) is 0. The van der Waals surface area contributed by atoms with Crippen LogP contribution in [0.1, 0.15) is 0 Å². The lowest BCUT2D eigenvalue weighted by Crippen LogP contribution is -2.20. The first-order valence-electron chi connectivity index (χ1n) is 4.18. The molecule has 5 heteroatoms. The molecule has 1 aromatic carbocycles. The largest absolute Gasteiger partial charge is 0.273 e. The van der Waals surface area contributed by atoms with Gasteiger partial charge >= 0.3 is 0 Å². The van der Waals surface area contributed by atoms with Crippen molar-refractivity contribution in [3.05, 3.63) is 57.7 Å². The standard InChI is InChI=1S/C10H6ClFN2O/c11-7-5-10(15)14(13-6-7)9-4-2-1-3-8(9)12/h1-6H. The van der Waals surface area contributed by atoms with Crippen LogP contribution in [0, 0.1) is 5.82 Å². The van der Waals surface area contributed by atoms with Crippen LogP contribution in [0.5, 0.6) is 0 Å². The van der Waals surface area contributed by atoms with Crippen LogP contribution < -0.4 is 5.56 Å². The smallest absolute Gasteiger partial charge is 0.267 e. The summed E-state index contributed by atoms with van der Waals surface area (Å²) in [5, 5.41) is 3.97. The Bertz CT molecular complexity index is 553. The van der Waals surface area contributed by atoms with Gasteiger partial charge in [-0.05, 0) is 12.1 Å². The van der Waals surface area contributed by atoms with E-state index in [0.29, 0.717) is 0 Å². The van der Waals surface area contributed by atoms with Crippen molar-refractivity contribution in [1.29, 1.82) is 0 Å². The first-order valence-corrected chi connectivity index (χ1v) is 4.56. The van der Waals surface area contributed by atoms with E-state index < -0.39 is 11.4 Å². The Morgan fingerprint density at radius 1 is 1.33 bits per heavy atom. The van der Waals surface area contributed by atoms with Gasteiger partial charge in [-0.25, -0.2) is 4.39 Å². The summed E-state index contributed by atoms with van der Waals surface area (Å²) in [5.41, 5.74) is -0.355. The van der Waals surface area contributed by atoms with E-state index in [4.69, 9.17) is 11.6 Å². The Balaban J connectivity index is 2.65. The van der Waals surface area contributed by atoms with Gasteiger partial charge < -0.3 is 0 Å². The first kappa shape index (κ1) is 9.86. The molecule has 0 amide bonds. The highest BCUT2D eigenvalue weighted by molar-refractivity contribution is 6.30. The summed E-state index contributed by atoms with van der Waals surface area (Å²) in [7, 11) is 0. The fourth-order valence-corrected chi connectivity index (χ4v) is 1.33. The molecule has 0 aliphatic heterocycles. The van der Waals surface area contributed by atoms with Crippen molar-refractivity contribution in [2.24, 2.45) is 0 Å². The zero-order chi connectivity index (χ0) is 10.8. The zero-order valence-electron chi connectivity index (χ0n) is 7.52. The summed E-state index contributed by atoms with van der Waals surface area (Å²) in [4.78, 5) is 11.4. The van der Waals surface area contributed by atoms with Crippen molar-refractivity contribution in [3.8, 4) is 5.69 Å². The Morgan fingerprint density at radius 2 is 2.07 bits per heavy atom. The van der Waals surface area contributed by atoms with Gasteiger partial charge in [-0.15, -0.1) is 0 Å². The van der Waals surface area contributed by atoms with Crippen molar-refractivity contribution in [2.75, 3.05) is 0 Å². The third kappa shape index (κ3) is 1.89. The summed E-state index contributed by atoms with van der Waals surface area (Å²) in [5.74, 6) is -0.505. The van der Waals surface area contributed by atoms with E-state index in [-0.39, 0.29) is 10.7 Å². The molecule has 0 spiro atoms. The van der Waals surface area contributed by atoms with Crippen LogP contribution in [0.15, 0.2) is 41.3 Å². The van der Waals surface area contributed by atoms with E-state index in [2.05, 4.69) is 5.10 Å². The number of hydrogen-bond acceptors (Lipinski definition) is 2. The van der Waals surface area contributed by atoms with Crippen molar-refractivity contribution in [1.82, 2.24) is 9.78 Å². The van der Waals surface area contributed by atoms with Crippen LogP contribution in [-0.2, 0) is 0 Å². The second-order valence-corrected chi connectivity index (χ2v) is 3.31. The molecular weight excluding hydrogens is 219 g/mol. The molecule has 2 aromatic rings. The second kappa shape index (κ2) is 3.82. The van der Waals surface area contributed by atoms with E-state index in [0.717, 1.165) is 4.68 Å². The Kier molecular flexibility index (Phi) is 2.51. The summed E-state index contributed by atoms with van der Waals surface area (Å²) >= 11 is 5.57. The third-order valence-electron chi connectivity index (χ3n) is 1.85. The maximum atomic E-state index is 13.3. The van der Waals surface area contributed by atoms with Gasteiger partial charge in [0.1, 0.15) is 11.5 Å². The topological polar surface area (TPSA) is 34.9 Å².